The predicted octanol–water partition coefficient (Wildman–Crippen LogP) is 1.47. The van der Waals surface area contributed by atoms with E-state index in [0.717, 1.165) is 19.4 Å². The molecule has 13 heavy (non-hydrogen) atoms. The van der Waals surface area contributed by atoms with Gasteiger partial charge in [-0.1, -0.05) is 0 Å². The number of nitrogens with one attached hydrogen (secondary N) is 1. The number of hydrogen-bond donors (Lipinski definition) is 1. The third-order valence-electron chi connectivity index (χ3n) is 2.22. The van der Waals surface area contributed by atoms with Crippen LogP contribution in [0.25, 0.3) is 0 Å². The van der Waals surface area contributed by atoms with Crippen LogP contribution in [0.15, 0.2) is 0 Å². The first-order valence-electron chi connectivity index (χ1n) is 4.82. The summed E-state index contributed by atoms with van der Waals surface area (Å²) in [5.74, 6) is -0.127. The fourth-order valence-electron chi connectivity index (χ4n) is 1.46. The lowest BCUT2D eigenvalue weighted by Gasteiger charge is -2.28. The number of hydrogen-bond acceptors (Lipinski definition) is 3. The second-order valence-electron chi connectivity index (χ2n) is 4.86. The molecule has 0 amide bonds. The lowest BCUT2D eigenvalue weighted by Crippen LogP contribution is -2.48. The summed E-state index contributed by atoms with van der Waals surface area (Å²) in [6, 6.07) is 0. The summed E-state index contributed by atoms with van der Waals surface area (Å²) in [4.78, 5) is 11.7. The van der Waals surface area contributed by atoms with Crippen molar-refractivity contribution < 1.29 is 9.53 Å². The van der Waals surface area contributed by atoms with E-state index in [0.29, 0.717) is 0 Å². The molecule has 0 aromatic heterocycles. The summed E-state index contributed by atoms with van der Waals surface area (Å²) >= 11 is 0. The summed E-state index contributed by atoms with van der Waals surface area (Å²) < 4.78 is 5.32. The molecule has 0 saturated carbocycles. The van der Waals surface area contributed by atoms with Crippen molar-refractivity contribution in [3.63, 3.8) is 0 Å². The van der Waals surface area contributed by atoms with E-state index >= 15 is 0 Å². The van der Waals surface area contributed by atoms with Crippen LogP contribution in [-0.2, 0) is 9.53 Å². The van der Waals surface area contributed by atoms with Crippen LogP contribution in [0.4, 0.5) is 0 Å². The van der Waals surface area contributed by atoms with Gasteiger partial charge in [-0.25, -0.2) is 0 Å². The molecule has 1 aliphatic heterocycles. The Hall–Kier alpha value is -0.570. The van der Waals surface area contributed by atoms with Crippen LogP contribution in [0.3, 0.4) is 0 Å². The Morgan fingerprint density at radius 3 is 2.46 bits per heavy atom. The lowest BCUT2D eigenvalue weighted by molar-refractivity contribution is -0.161. The standard InChI is InChI=1S/C10H19NO2/c1-9(2,3)13-8(12)10(4)6-5-7-11-10/h11H,5-7H2,1-4H3/t10-/m0/s1. The van der Waals surface area contributed by atoms with Gasteiger partial charge in [-0.2, -0.15) is 0 Å². The molecule has 0 bridgehead atoms. The van der Waals surface area contributed by atoms with Gasteiger partial charge in [-0.15, -0.1) is 0 Å². The summed E-state index contributed by atoms with van der Waals surface area (Å²) in [5.41, 5.74) is -0.836. The Balaban J connectivity index is 2.57. The second-order valence-corrected chi connectivity index (χ2v) is 4.86. The SMILES string of the molecule is CC(C)(C)OC(=O)[C@]1(C)CCCN1. The Kier molecular flexibility index (Phi) is 2.66. The van der Waals surface area contributed by atoms with Crippen molar-refractivity contribution in [2.45, 2.75) is 51.7 Å². The molecule has 3 heteroatoms. The van der Waals surface area contributed by atoms with E-state index in [1.54, 1.807) is 0 Å². The molecule has 1 atom stereocenters. The fourth-order valence-corrected chi connectivity index (χ4v) is 1.46. The molecule has 0 unspecified atom stereocenters. The molecule has 3 nitrogen and oxygen atoms in total. The Morgan fingerprint density at radius 2 is 2.08 bits per heavy atom. The van der Waals surface area contributed by atoms with Crippen molar-refractivity contribution in [1.29, 1.82) is 0 Å². The molecule has 1 rings (SSSR count). The van der Waals surface area contributed by atoms with Crippen LogP contribution in [0, 0.1) is 0 Å². The van der Waals surface area contributed by atoms with Crippen molar-refractivity contribution in [3.8, 4) is 0 Å². The quantitative estimate of drug-likeness (QED) is 0.629. The van der Waals surface area contributed by atoms with Gasteiger partial charge in [0.05, 0.1) is 0 Å². The molecule has 0 spiro atoms. The highest BCUT2D eigenvalue weighted by molar-refractivity contribution is 5.81. The van der Waals surface area contributed by atoms with Crippen molar-refractivity contribution >= 4 is 5.97 Å². The van der Waals surface area contributed by atoms with Gasteiger partial charge in [0.25, 0.3) is 0 Å². The molecule has 76 valence electrons. The van der Waals surface area contributed by atoms with E-state index in [-0.39, 0.29) is 11.6 Å². The zero-order valence-electron chi connectivity index (χ0n) is 8.94. The molecular weight excluding hydrogens is 166 g/mol. The highest BCUT2D eigenvalue weighted by Gasteiger charge is 2.39. The average Bonchev–Trinajstić information content (AvgIpc) is 2.33. The summed E-state index contributed by atoms with van der Waals surface area (Å²) in [6.45, 7) is 8.50. The zero-order chi connectivity index (χ0) is 10.1. The zero-order valence-corrected chi connectivity index (χ0v) is 8.94. The van der Waals surface area contributed by atoms with Crippen molar-refractivity contribution in [1.82, 2.24) is 5.32 Å². The number of ether oxygens (including phenoxy) is 1. The largest absolute Gasteiger partial charge is 0.459 e. The minimum absolute atomic E-state index is 0.127. The van der Waals surface area contributed by atoms with Crippen LogP contribution in [0.5, 0.6) is 0 Å². The molecule has 1 fully saturated rings. The van der Waals surface area contributed by atoms with E-state index in [1.165, 1.54) is 0 Å². The molecule has 0 aromatic carbocycles. The molecular formula is C10H19NO2. The lowest BCUT2D eigenvalue weighted by atomic mass is 10.0. The van der Waals surface area contributed by atoms with Crippen LogP contribution in [-0.4, -0.2) is 23.7 Å². The smallest absolute Gasteiger partial charge is 0.326 e. The van der Waals surface area contributed by atoms with Gasteiger partial charge in [-0.05, 0) is 47.1 Å². The minimum atomic E-state index is -0.451. The van der Waals surface area contributed by atoms with Crippen LogP contribution in [0.2, 0.25) is 0 Å². The summed E-state index contributed by atoms with van der Waals surface area (Å²) in [6.07, 6.45) is 1.93. The maximum absolute atomic E-state index is 11.7. The van der Waals surface area contributed by atoms with Gasteiger partial charge in [0.15, 0.2) is 0 Å². The fraction of sp³-hybridized carbons (Fsp3) is 0.900. The maximum atomic E-state index is 11.7. The van der Waals surface area contributed by atoms with Crippen molar-refractivity contribution in [2.75, 3.05) is 6.54 Å². The van der Waals surface area contributed by atoms with E-state index in [4.69, 9.17) is 4.74 Å². The van der Waals surface area contributed by atoms with Crippen molar-refractivity contribution in [3.05, 3.63) is 0 Å². The molecule has 0 radical (unpaired) electrons. The number of rotatable bonds is 1. The third-order valence-corrected chi connectivity index (χ3v) is 2.22. The van der Waals surface area contributed by atoms with Gasteiger partial charge in [0, 0.05) is 0 Å². The van der Waals surface area contributed by atoms with Crippen LogP contribution < -0.4 is 5.32 Å². The Labute approximate surface area is 79.8 Å². The first-order chi connectivity index (χ1) is 5.83. The van der Waals surface area contributed by atoms with Gasteiger partial charge >= 0.3 is 5.97 Å². The monoisotopic (exact) mass is 185 g/mol. The van der Waals surface area contributed by atoms with Crippen LogP contribution in [0.1, 0.15) is 40.5 Å². The highest BCUT2D eigenvalue weighted by Crippen LogP contribution is 2.22. The second kappa shape index (κ2) is 3.29. The van der Waals surface area contributed by atoms with Gasteiger partial charge in [0.1, 0.15) is 11.1 Å². The number of carbonyl (C=O) groups excluding carboxylic acids is 1. The highest BCUT2D eigenvalue weighted by atomic mass is 16.6. The van der Waals surface area contributed by atoms with E-state index in [9.17, 15) is 4.79 Å². The van der Waals surface area contributed by atoms with Gasteiger partial charge in [-0.3, -0.25) is 4.79 Å². The molecule has 1 N–H and O–H groups in total. The molecule has 1 saturated heterocycles. The Bertz CT molecular complexity index is 199. The van der Waals surface area contributed by atoms with E-state index in [1.807, 2.05) is 27.7 Å². The molecule has 0 aliphatic carbocycles. The number of carbonyl (C=O) groups is 1. The van der Waals surface area contributed by atoms with Crippen molar-refractivity contribution in [2.24, 2.45) is 0 Å². The first kappa shape index (κ1) is 10.5. The molecule has 0 aromatic rings. The predicted molar refractivity (Wildman–Crippen MR) is 51.5 cm³/mol. The average molecular weight is 185 g/mol. The normalized spacial score (nSPS) is 28.9. The maximum Gasteiger partial charge on any atom is 0.326 e. The topological polar surface area (TPSA) is 38.3 Å². The third kappa shape index (κ3) is 2.69. The molecule has 1 heterocycles. The Morgan fingerprint density at radius 1 is 1.46 bits per heavy atom. The van der Waals surface area contributed by atoms with Crippen LogP contribution >= 0.6 is 0 Å². The summed E-state index contributed by atoms with van der Waals surface area (Å²) in [5, 5.41) is 3.18. The summed E-state index contributed by atoms with van der Waals surface area (Å²) in [7, 11) is 0. The minimum Gasteiger partial charge on any atom is -0.459 e. The van der Waals surface area contributed by atoms with Gasteiger partial charge in [0.2, 0.25) is 0 Å². The first-order valence-corrected chi connectivity index (χ1v) is 4.82. The number of esters is 1. The van der Waals surface area contributed by atoms with Gasteiger partial charge < -0.3 is 10.1 Å². The van der Waals surface area contributed by atoms with E-state index in [2.05, 4.69) is 5.32 Å². The van der Waals surface area contributed by atoms with E-state index < -0.39 is 5.54 Å². The molecule has 1 aliphatic rings.